The lowest BCUT2D eigenvalue weighted by Crippen LogP contribution is -2.39. The summed E-state index contributed by atoms with van der Waals surface area (Å²) in [6, 6.07) is 16.5. The van der Waals surface area contributed by atoms with Gasteiger partial charge in [0.1, 0.15) is 0 Å². The number of hydrogen-bond acceptors (Lipinski definition) is 4. The van der Waals surface area contributed by atoms with Gasteiger partial charge in [-0.15, -0.1) is 0 Å². The number of para-hydroxylation sites is 1. The van der Waals surface area contributed by atoms with Gasteiger partial charge in [0.05, 0.1) is 30.4 Å². The fourth-order valence-corrected chi connectivity index (χ4v) is 5.29. The zero-order valence-electron chi connectivity index (χ0n) is 17.9. The van der Waals surface area contributed by atoms with Gasteiger partial charge >= 0.3 is 0 Å². The van der Waals surface area contributed by atoms with Gasteiger partial charge in [-0.1, -0.05) is 43.3 Å². The molecule has 0 amide bonds. The quantitative estimate of drug-likeness (QED) is 0.592. The molecule has 0 spiro atoms. The van der Waals surface area contributed by atoms with Gasteiger partial charge in [0.25, 0.3) is 0 Å². The van der Waals surface area contributed by atoms with Gasteiger partial charge in [-0.2, -0.15) is 0 Å². The van der Waals surface area contributed by atoms with Crippen LogP contribution in [0.4, 0.5) is 5.69 Å². The second-order valence-electron chi connectivity index (χ2n) is 8.71. The number of ketones is 1. The van der Waals surface area contributed by atoms with E-state index in [-0.39, 0.29) is 23.8 Å². The van der Waals surface area contributed by atoms with Gasteiger partial charge in [0.2, 0.25) is 0 Å². The number of piperidine rings is 1. The molecule has 2 aromatic carbocycles. The molecule has 31 heavy (non-hydrogen) atoms. The van der Waals surface area contributed by atoms with Crippen LogP contribution >= 0.6 is 0 Å². The first-order valence-electron chi connectivity index (χ1n) is 11.3. The summed E-state index contributed by atoms with van der Waals surface area (Å²) in [6.45, 7) is 3.65. The summed E-state index contributed by atoms with van der Waals surface area (Å²) in [7, 11) is 0. The van der Waals surface area contributed by atoms with Crippen LogP contribution in [-0.2, 0) is 0 Å². The second kappa shape index (κ2) is 8.31. The van der Waals surface area contributed by atoms with Gasteiger partial charge in [0, 0.05) is 36.3 Å². The van der Waals surface area contributed by atoms with Gasteiger partial charge < -0.3 is 14.6 Å². The molecule has 0 bridgehead atoms. The number of aromatic nitrogens is 2. The molecule has 0 radical (unpaired) electrons. The van der Waals surface area contributed by atoms with Crippen LogP contribution in [0.15, 0.2) is 61.1 Å². The molecule has 1 fully saturated rings. The summed E-state index contributed by atoms with van der Waals surface area (Å²) in [4.78, 5) is 19.0. The maximum absolute atomic E-state index is 12.3. The number of fused-ring (bicyclic) bond motifs is 3. The van der Waals surface area contributed by atoms with E-state index >= 15 is 0 Å². The first-order valence-corrected chi connectivity index (χ1v) is 11.3. The van der Waals surface area contributed by atoms with Crippen molar-refractivity contribution in [3.8, 4) is 11.3 Å². The first kappa shape index (κ1) is 20.0. The number of aliphatic hydroxyl groups excluding tert-OH is 1. The standard InChI is InChI=1S/C26H29N3O2/c1-2-25(30)21-9-5-6-10-22(21)28-13-11-18(12-14-28)26(31)15-23-19-7-3-4-8-20(19)24-16-27-17-29(23)24/h3-10,16-18,23,26,31H,2,11-15H2,1H3/t23-,26+/m1/s1. The number of nitrogens with zero attached hydrogens (tertiary/aromatic N) is 3. The topological polar surface area (TPSA) is 58.4 Å². The Labute approximate surface area is 183 Å². The predicted octanol–water partition coefficient (Wildman–Crippen LogP) is 4.71. The number of benzene rings is 2. The van der Waals surface area contributed by atoms with Crippen molar-refractivity contribution in [2.75, 3.05) is 18.0 Å². The maximum atomic E-state index is 12.3. The molecular formula is C26H29N3O2. The minimum atomic E-state index is -0.360. The second-order valence-corrected chi connectivity index (χ2v) is 8.71. The van der Waals surface area contributed by atoms with E-state index in [9.17, 15) is 9.90 Å². The number of carbonyl (C=O) groups is 1. The largest absolute Gasteiger partial charge is 0.393 e. The van der Waals surface area contributed by atoms with Crippen molar-refractivity contribution in [1.29, 1.82) is 0 Å². The summed E-state index contributed by atoms with van der Waals surface area (Å²) in [6.07, 6.45) is 6.53. The van der Waals surface area contributed by atoms with E-state index in [1.54, 1.807) is 0 Å². The maximum Gasteiger partial charge on any atom is 0.164 e. The average molecular weight is 416 g/mol. The number of hydrogen-bond donors (Lipinski definition) is 1. The Balaban J connectivity index is 1.27. The van der Waals surface area contributed by atoms with Crippen molar-refractivity contribution < 1.29 is 9.90 Å². The lowest BCUT2D eigenvalue weighted by Gasteiger charge is -2.37. The number of Topliss-reactive ketones (excluding diaryl/α,β-unsaturated/α-hetero) is 1. The van der Waals surface area contributed by atoms with Crippen LogP contribution in [0, 0.1) is 5.92 Å². The number of rotatable bonds is 6. The minimum Gasteiger partial charge on any atom is -0.393 e. The fraction of sp³-hybridized carbons (Fsp3) is 0.385. The van der Waals surface area contributed by atoms with Gasteiger partial charge in [-0.25, -0.2) is 4.98 Å². The summed E-state index contributed by atoms with van der Waals surface area (Å²) < 4.78 is 2.20. The monoisotopic (exact) mass is 415 g/mol. The third-order valence-electron chi connectivity index (χ3n) is 7.01. The van der Waals surface area contributed by atoms with E-state index in [2.05, 4.69) is 44.8 Å². The van der Waals surface area contributed by atoms with Crippen LogP contribution in [0.5, 0.6) is 0 Å². The summed E-state index contributed by atoms with van der Waals surface area (Å²) in [5.74, 6) is 0.457. The molecule has 1 saturated heterocycles. The highest BCUT2D eigenvalue weighted by Gasteiger charge is 2.33. The van der Waals surface area contributed by atoms with Crippen LogP contribution in [0.2, 0.25) is 0 Å². The molecule has 5 heteroatoms. The molecule has 1 N–H and O–H groups in total. The molecule has 2 atom stereocenters. The molecule has 3 aromatic rings. The van der Waals surface area contributed by atoms with E-state index < -0.39 is 0 Å². The Kier molecular flexibility index (Phi) is 5.36. The highest BCUT2D eigenvalue weighted by Crippen LogP contribution is 2.42. The number of aliphatic hydroxyl groups is 1. The number of carbonyl (C=O) groups excluding carboxylic acids is 1. The fourth-order valence-electron chi connectivity index (χ4n) is 5.29. The van der Waals surface area contributed by atoms with Crippen molar-refractivity contribution in [2.24, 2.45) is 5.92 Å². The Morgan fingerprint density at radius 3 is 2.68 bits per heavy atom. The molecule has 2 aliphatic rings. The molecule has 5 nitrogen and oxygen atoms in total. The molecule has 1 aromatic heterocycles. The first-order chi connectivity index (χ1) is 15.2. The highest BCUT2D eigenvalue weighted by atomic mass is 16.3. The Morgan fingerprint density at radius 1 is 1.13 bits per heavy atom. The number of anilines is 1. The van der Waals surface area contributed by atoms with Crippen molar-refractivity contribution in [1.82, 2.24) is 9.55 Å². The van der Waals surface area contributed by atoms with E-state index in [1.807, 2.05) is 37.6 Å². The molecule has 5 rings (SSSR count). The summed E-state index contributed by atoms with van der Waals surface area (Å²) in [5.41, 5.74) is 5.50. The molecule has 0 unspecified atom stereocenters. The normalized spacial score (nSPS) is 19.2. The smallest absolute Gasteiger partial charge is 0.164 e. The van der Waals surface area contributed by atoms with Crippen LogP contribution in [0.3, 0.4) is 0 Å². The molecular weight excluding hydrogens is 386 g/mol. The Morgan fingerprint density at radius 2 is 1.87 bits per heavy atom. The van der Waals surface area contributed by atoms with Gasteiger partial charge in [-0.3, -0.25) is 4.79 Å². The average Bonchev–Trinajstić information content (AvgIpc) is 3.41. The van der Waals surface area contributed by atoms with Crippen molar-refractivity contribution in [2.45, 2.75) is 44.8 Å². The zero-order valence-corrected chi connectivity index (χ0v) is 17.9. The SMILES string of the molecule is CCC(=O)c1ccccc1N1CCC([C@@H](O)C[C@@H]2c3ccccc3-c3cncn32)CC1. The van der Waals surface area contributed by atoms with E-state index in [0.717, 1.165) is 42.9 Å². The summed E-state index contributed by atoms with van der Waals surface area (Å²) >= 11 is 0. The predicted molar refractivity (Wildman–Crippen MR) is 122 cm³/mol. The lowest BCUT2D eigenvalue weighted by molar-refractivity contribution is 0.0756. The van der Waals surface area contributed by atoms with E-state index in [1.165, 1.54) is 11.1 Å². The third-order valence-corrected chi connectivity index (χ3v) is 7.01. The van der Waals surface area contributed by atoms with Crippen LogP contribution < -0.4 is 4.90 Å². The lowest BCUT2D eigenvalue weighted by atomic mass is 9.86. The van der Waals surface area contributed by atoms with Crippen LogP contribution in [-0.4, -0.2) is 39.6 Å². The Hall–Kier alpha value is -2.92. The van der Waals surface area contributed by atoms with E-state index in [4.69, 9.17) is 0 Å². The molecule has 2 aliphatic heterocycles. The summed E-state index contributed by atoms with van der Waals surface area (Å²) in [5, 5.41) is 11.2. The van der Waals surface area contributed by atoms with Crippen LogP contribution in [0.1, 0.15) is 54.6 Å². The van der Waals surface area contributed by atoms with Gasteiger partial charge in [-0.05, 0) is 42.9 Å². The zero-order chi connectivity index (χ0) is 21.4. The molecule has 0 saturated carbocycles. The van der Waals surface area contributed by atoms with Crippen molar-refractivity contribution >= 4 is 11.5 Å². The van der Waals surface area contributed by atoms with E-state index in [0.29, 0.717) is 12.8 Å². The minimum absolute atomic E-state index is 0.143. The van der Waals surface area contributed by atoms with Crippen molar-refractivity contribution in [3.63, 3.8) is 0 Å². The Bertz CT molecular complexity index is 1080. The van der Waals surface area contributed by atoms with Gasteiger partial charge in [0.15, 0.2) is 5.78 Å². The molecule has 3 heterocycles. The molecule has 0 aliphatic carbocycles. The van der Waals surface area contributed by atoms with Crippen molar-refractivity contribution in [3.05, 3.63) is 72.2 Å². The highest BCUT2D eigenvalue weighted by molar-refractivity contribution is 6.01. The third kappa shape index (κ3) is 3.57. The number of imidazole rings is 1. The van der Waals surface area contributed by atoms with Crippen LogP contribution in [0.25, 0.3) is 11.3 Å². The molecule has 160 valence electrons.